The average Bonchev–Trinajstić information content (AvgIpc) is 2.37. The maximum Gasteiger partial charge on any atom is 0.0409 e. The molecule has 0 amide bonds. The van der Waals surface area contributed by atoms with Gasteiger partial charge in [-0.15, -0.1) is 0 Å². The summed E-state index contributed by atoms with van der Waals surface area (Å²) < 4.78 is 0. The second-order valence-corrected chi connectivity index (χ2v) is 8.06. The second-order valence-electron chi connectivity index (χ2n) is 7.63. The topological polar surface area (TPSA) is 3.24 Å². The number of rotatable bonds is 3. The SMILES string of the molecule is CN(Cc1cccc(Cl)c1)C12CC3CC(CC(C3)C1)C2. The van der Waals surface area contributed by atoms with E-state index in [0.29, 0.717) is 5.54 Å². The van der Waals surface area contributed by atoms with Crippen molar-refractivity contribution in [3.63, 3.8) is 0 Å². The molecule has 1 aromatic rings. The van der Waals surface area contributed by atoms with Crippen LogP contribution in [0.25, 0.3) is 0 Å². The molecule has 1 nitrogen and oxygen atoms in total. The van der Waals surface area contributed by atoms with E-state index in [9.17, 15) is 0 Å². The Bertz CT molecular complexity index is 475. The van der Waals surface area contributed by atoms with Crippen LogP contribution in [0.15, 0.2) is 24.3 Å². The summed E-state index contributed by atoms with van der Waals surface area (Å²) in [5.41, 5.74) is 1.85. The van der Waals surface area contributed by atoms with Crippen molar-refractivity contribution in [3.8, 4) is 0 Å². The normalized spacial score (nSPS) is 38.6. The van der Waals surface area contributed by atoms with Gasteiger partial charge in [0.15, 0.2) is 0 Å². The molecule has 108 valence electrons. The minimum atomic E-state index is 0.497. The van der Waals surface area contributed by atoms with Gasteiger partial charge in [-0.1, -0.05) is 23.7 Å². The van der Waals surface area contributed by atoms with Gasteiger partial charge in [-0.25, -0.2) is 0 Å². The third kappa shape index (κ3) is 2.19. The van der Waals surface area contributed by atoms with Crippen LogP contribution in [0.3, 0.4) is 0 Å². The first-order valence-electron chi connectivity index (χ1n) is 8.09. The lowest BCUT2D eigenvalue weighted by Gasteiger charge is -2.60. The van der Waals surface area contributed by atoms with E-state index in [1.807, 2.05) is 6.07 Å². The Morgan fingerprint density at radius 3 is 2.25 bits per heavy atom. The van der Waals surface area contributed by atoms with Crippen molar-refractivity contribution < 1.29 is 0 Å². The van der Waals surface area contributed by atoms with Gasteiger partial charge in [0.25, 0.3) is 0 Å². The van der Waals surface area contributed by atoms with Gasteiger partial charge in [-0.05, 0) is 81.0 Å². The molecular formula is C18H24ClN. The highest BCUT2D eigenvalue weighted by Gasteiger charge is 2.52. The van der Waals surface area contributed by atoms with Crippen LogP contribution in [-0.2, 0) is 6.54 Å². The minimum absolute atomic E-state index is 0.497. The van der Waals surface area contributed by atoms with Crippen molar-refractivity contribution in [1.82, 2.24) is 4.90 Å². The maximum absolute atomic E-state index is 6.13. The Hall–Kier alpha value is -0.530. The monoisotopic (exact) mass is 289 g/mol. The molecule has 4 saturated carbocycles. The fourth-order valence-electron chi connectivity index (χ4n) is 5.61. The van der Waals surface area contributed by atoms with Gasteiger partial charge >= 0.3 is 0 Å². The second kappa shape index (κ2) is 4.74. The Morgan fingerprint density at radius 1 is 1.10 bits per heavy atom. The van der Waals surface area contributed by atoms with Gasteiger partial charge in [0, 0.05) is 17.1 Å². The van der Waals surface area contributed by atoms with Gasteiger partial charge in [0.2, 0.25) is 0 Å². The van der Waals surface area contributed by atoms with E-state index >= 15 is 0 Å². The molecule has 4 bridgehead atoms. The van der Waals surface area contributed by atoms with Gasteiger partial charge in [-0.2, -0.15) is 0 Å². The molecule has 0 saturated heterocycles. The number of halogens is 1. The first-order valence-corrected chi connectivity index (χ1v) is 8.46. The lowest BCUT2D eigenvalue weighted by atomic mass is 9.52. The molecule has 0 N–H and O–H groups in total. The summed E-state index contributed by atoms with van der Waals surface area (Å²) in [6.07, 6.45) is 8.88. The number of nitrogens with zero attached hydrogens (tertiary/aromatic N) is 1. The molecule has 4 aliphatic rings. The quantitative estimate of drug-likeness (QED) is 0.777. The smallest absolute Gasteiger partial charge is 0.0409 e. The zero-order chi connectivity index (χ0) is 13.7. The van der Waals surface area contributed by atoms with E-state index in [2.05, 4.69) is 30.1 Å². The third-order valence-corrected chi connectivity index (χ3v) is 6.36. The lowest BCUT2D eigenvalue weighted by Crippen LogP contribution is -2.58. The molecule has 0 unspecified atom stereocenters. The molecule has 2 heteroatoms. The summed E-state index contributed by atoms with van der Waals surface area (Å²) >= 11 is 6.13. The first-order chi connectivity index (χ1) is 9.63. The highest BCUT2D eigenvalue weighted by atomic mass is 35.5. The van der Waals surface area contributed by atoms with Crippen molar-refractivity contribution in [2.45, 2.75) is 50.6 Å². The van der Waals surface area contributed by atoms with Crippen molar-refractivity contribution in [1.29, 1.82) is 0 Å². The summed E-state index contributed by atoms with van der Waals surface area (Å²) in [5, 5.41) is 0.862. The van der Waals surface area contributed by atoms with Crippen LogP contribution in [-0.4, -0.2) is 17.5 Å². The first kappa shape index (κ1) is 13.2. The van der Waals surface area contributed by atoms with E-state index in [1.165, 1.54) is 44.1 Å². The van der Waals surface area contributed by atoms with Crippen molar-refractivity contribution in [2.24, 2.45) is 17.8 Å². The fourth-order valence-corrected chi connectivity index (χ4v) is 5.82. The van der Waals surface area contributed by atoms with Crippen molar-refractivity contribution in [2.75, 3.05) is 7.05 Å². The van der Waals surface area contributed by atoms with Crippen LogP contribution in [0.2, 0.25) is 5.02 Å². The number of hydrogen-bond donors (Lipinski definition) is 0. The lowest BCUT2D eigenvalue weighted by molar-refractivity contribution is -0.0822. The molecule has 0 heterocycles. The number of benzene rings is 1. The van der Waals surface area contributed by atoms with Crippen LogP contribution < -0.4 is 0 Å². The van der Waals surface area contributed by atoms with Gasteiger partial charge in [0.1, 0.15) is 0 Å². The van der Waals surface area contributed by atoms with Crippen molar-refractivity contribution >= 4 is 11.6 Å². The van der Waals surface area contributed by atoms with E-state index < -0.39 is 0 Å². The Balaban J connectivity index is 1.54. The standard InChI is InChI=1S/C18H24ClN/c1-20(12-13-3-2-4-17(19)8-13)18-9-14-5-15(10-18)7-16(6-14)11-18/h2-4,8,14-16H,5-7,9-12H2,1H3. The Morgan fingerprint density at radius 2 is 1.70 bits per heavy atom. The molecular weight excluding hydrogens is 266 g/mol. The van der Waals surface area contributed by atoms with Gasteiger partial charge in [0.05, 0.1) is 0 Å². The highest BCUT2D eigenvalue weighted by Crippen LogP contribution is 2.57. The molecule has 5 rings (SSSR count). The van der Waals surface area contributed by atoms with E-state index in [-0.39, 0.29) is 0 Å². The van der Waals surface area contributed by atoms with Crippen LogP contribution in [0.5, 0.6) is 0 Å². The van der Waals surface area contributed by atoms with Crippen molar-refractivity contribution in [3.05, 3.63) is 34.9 Å². The molecule has 4 fully saturated rings. The van der Waals surface area contributed by atoms with Crippen LogP contribution >= 0.6 is 11.6 Å². The van der Waals surface area contributed by atoms with E-state index in [0.717, 1.165) is 29.3 Å². The Labute approximate surface area is 127 Å². The predicted molar refractivity (Wildman–Crippen MR) is 83.8 cm³/mol. The summed E-state index contributed by atoms with van der Waals surface area (Å²) in [7, 11) is 2.34. The van der Waals surface area contributed by atoms with Gasteiger partial charge in [-0.3, -0.25) is 4.90 Å². The molecule has 0 radical (unpaired) electrons. The number of hydrogen-bond acceptors (Lipinski definition) is 1. The van der Waals surface area contributed by atoms with Crippen LogP contribution in [0.4, 0.5) is 0 Å². The summed E-state index contributed by atoms with van der Waals surface area (Å²) in [4.78, 5) is 2.66. The van der Waals surface area contributed by atoms with Crippen LogP contribution in [0, 0.1) is 17.8 Å². The molecule has 0 atom stereocenters. The summed E-state index contributed by atoms with van der Waals surface area (Å²) in [6.45, 7) is 1.05. The molecule has 0 aliphatic heterocycles. The van der Waals surface area contributed by atoms with E-state index in [1.54, 1.807) is 0 Å². The zero-order valence-corrected chi connectivity index (χ0v) is 13.1. The molecule has 0 aromatic heterocycles. The largest absolute Gasteiger partial charge is 0.296 e. The maximum atomic E-state index is 6.13. The Kier molecular flexibility index (Phi) is 3.12. The predicted octanol–water partition coefficient (Wildman–Crippen LogP) is 4.74. The molecule has 0 spiro atoms. The van der Waals surface area contributed by atoms with Crippen LogP contribution in [0.1, 0.15) is 44.1 Å². The van der Waals surface area contributed by atoms with Gasteiger partial charge < -0.3 is 0 Å². The highest BCUT2D eigenvalue weighted by molar-refractivity contribution is 6.30. The average molecular weight is 290 g/mol. The van der Waals surface area contributed by atoms with E-state index in [4.69, 9.17) is 11.6 Å². The molecule has 4 aliphatic carbocycles. The fraction of sp³-hybridized carbons (Fsp3) is 0.667. The third-order valence-electron chi connectivity index (χ3n) is 6.12. The zero-order valence-electron chi connectivity index (χ0n) is 12.3. The molecule has 20 heavy (non-hydrogen) atoms. The molecule has 1 aromatic carbocycles. The summed E-state index contributed by atoms with van der Waals surface area (Å²) in [6, 6.07) is 8.38. The summed E-state index contributed by atoms with van der Waals surface area (Å²) in [5.74, 6) is 3.05. The minimum Gasteiger partial charge on any atom is -0.296 e.